The molecule has 2 N–H and O–H groups in total. The highest BCUT2D eigenvalue weighted by Gasteiger charge is 2.47. The maximum absolute atomic E-state index is 12.6. The first-order valence-corrected chi connectivity index (χ1v) is 4.71. The van der Waals surface area contributed by atoms with E-state index < -0.39 is 5.92 Å². The smallest absolute Gasteiger partial charge is 0.248 e. The van der Waals surface area contributed by atoms with Crippen molar-refractivity contribution >= 4 is 0 Å². The molecule has 1 aromatic rings. The number of halogens is 2. The van der Waals surface area contributed by atoms with E-state index in [2.05, 4.69) is 0 Å². The lowest BCUT2D eigenvalue weighted by Crippen LogP contribution is -2.46. The van der Waals surface area contributed by atoms with Gasteiger partial charge in [-0.1, -0.05) is 0 Å². The summed E-state index contributed by atoms with van der Waals surface area (Å²) in [5.74, 6) is -2.52. The number of alkyl halides is 2. The average Bonchev–Trinajstić information content (AvgIpc) is 2.52. The summed E-state index contributed by atoms with van der Waals surface area (Å²) in [7, 11) is 0. The van der Waals surface area contributed by atoms with E-state index in [1.54, 1.807) is 12.5 Å². The molecule has 2 rings (SSSR count). The average molecular weight is 201 g/mol. The molecule has 1 aromatic heterocycles. The second-order valence-corrected chi connectivity index (χ2v) is 4.02. The van der Waals surface area contributed by atoms with E-state index in [4.69, 9.17) is 10.2 Å². The minimum Gasteiger partial charge on any atom is -0.472 e. The highest BCUT2D eigenvalue weighted by atomic mass is 19.3. The van der Waals surface area contributed by atoms with Crippen LogP contribution in [-0.4, -0.2) is 12.0 Å². The lowest BCUT2D eigenvalue weighted by atomic mass is 9.75. The summed E-state index contributed by atoms with van der Waals surface area (Å²) in [5, 5.41) is 0. The van der Waals surface area contributed by atoms with Gasteiger partial charge in [0.1, 0.15) is 0 Å². The molecule has 1 saturated carbocycles. The van der Waals surface area contributed by atoms with Gasteiger partial charge in [0.2, 0.25) is 5.92 Å². The van der Waals surface area contributed by atoms with Gasteiger partial charge in [0, 0.05) is 18.9 Å². The molecule has 0 aromatic carbocycles. The van der Waals surface area contributed by atoms with Gasteiger partial charge in [-0.3, -0.25) is 0 Å². The van der Waals surface area contributed by atoms with Gasteiger partial charge in [-0.05, 0) is 24.0 Å². The third-order valence-corrected chi connectivity index (χ3v) is 2.78. The van der Waals surface area contributed by atoms with Crippen LogP contribution in [0.25, 0.3) is 0 Å². The molecule has 78 valence electrons. The van der Waals surface area contributed by atoms with Crippen LogP contribution in [0, 0.1) is 5.92 Å². The van der Waals surface area contributed by atoms with Crippen molar-refractivity contribution in [1.29, 1.82) is 0 Å². The van der Waals surface area contributed by atoms with Gasteiger partial charge >= 0.3 is 0 Å². The number of hydrogen-bond donors (Lipinski definition) is 1. The van der Waals surface area contributed by atoms with Gasteiger partial charge in [-0.2, -0.15) is 0 Å². The summed E-state index contributed by atoms with van der Waals surface area (Å²) in [6, 6.07) is 1.64. The normalized spacial score (nSPS) is 23.1. The molecular weight excluding hydrogens is 188 g/mol. The molecule has 1 aliphatic carbocycles. The molecule has 1 fully saturated rings. The summed E-state index contributed by atoms with van der Waals surface area (Å²) in [6.45, 7) is 0. The molecule has 0 radical (unpaired) electrons. The Balaban J connectivity index is 1.83. The summed E-state index contributed by atoms with van der Waals surface area (Å²) in [4.78, 5) is 0. The van der Waals surface area contributed by atoms with E-state index >= 15 is 0 Å². The number of rotatable bonds is 3. The van der Waals surface area contributed by atoms with E-state index in [1.807, 2.05) is 6.07 Å². The fraction of sp³-hybridized carbons (Fsp3) is 0.600. The lowest BCUT2D eigenvalue weighted by Gasteiger charge is -2.38. The van der Waals surface area contributed by atoms with Gasteiger partial charge in [0.25, 0.3) is 0 Å². The Hall–Kier alpha value is -0.900. The molecule has 4 heteroatoms. The Morgan fingerprint density at radius 1 is 1.57 bits per heavy atom. The highest BCUT2D eigenvalue weighted by molar-refractivity contribution is 5.08. The zero-order valence-electron chi connectivity index (χ0n) is 7.75. The Kier molecular flexibility index (Phi) is 2.31. The highest BCUT2D eigenvalue weighted by Crippen LogP contribution is 2.44. The maximum Gasteiger partial charge on any atom is 0.248 e. The first kappa shape index (κ1) is 9.65. The molecule has 14 heavy (non-hydrogen) atoms. The van der Waals surface area contributed by atoms with Gasteiger partial charge in [-0.25, -0.2) is 8.78 Å². The Bertz CT molecular complexity index is 289. The summed E-state index contributed by atoms with van der Waals surface area (Å²) in [5.41, 5.74) is 6.80. The van der Waals surface area contributed by atoms with Gasteiger partial charge in [0.15, 0.2) is 0 Å². The SMILES string of the molecule is NC(Cc1ccoc1)C1CC(F)(F)C1. The van der Waals surface area contributed by atoms with E-state index in [0.717, 1.165) is 5.56 Å². The van der Waals surface area contributed by atoms with Gasteiger partial charge in [0.05, 0.1) is 12.5 Å². The predicted molar refractivity (Wildman–Crippen MR) is 48.1 cm³/mol. The minimum absolute atomic E-state index is 0.0418. The Morgan fingerprint density at radius 3 is 2.79 bits per heavy atom. The molecule has 0 bridgehead atoms. The molecule has 1 unspecified atom stereocenters. The maximum atomic E-state index is 12.6. The Labute approximate surface area is 81.1 Å². The summed E-state index contributed by atoms with van der Waals surface area (Å²) < 4.78 is 30.0. The molecule has 1 heterocycles. The third-order valence-electron chi connectivity index (χ3n) is 2.78. The molecule has 0 saturated heterocycles. The van der Waals surface area contributed by atoms with Crippen LogP contribution in [0.4, 0.5) is 8.78 Å². The van der Waals surface area contributed by atoms with Crippen molar-refractivity contribution in [3.05, 3.63) is 24.2 Å². The van der Waals surface area contributed by atoms with Crippen LogP contribution in [-0.2, 0) is 6.42 Å². The van der Waals surface area contributed by atoms with Crippen LogP contribution in [0.15, 0.2) is 23.0 Å². The number of hydrogen-bond acceptors (Lipinski definition) is 2. The van der Waals surface area contributed by atoms with Crippen LogP contribution in [0.1, 0.15) is 18.4 Å². The third kappa shape index (κ3) is 1.95. The molecular formula is C10H13F2NO. The molecule has 1 atom stereocenters. The van der Waals surface area contributed by atoms with Crippen LogP contribution in [0.2, 0.25) is 0 Å². The topological polar surface area (TPSA) is 39.2 Å². The largest absolute Gasteiger partial charge is 0.472 e. The molecule has 2 nitrogen and oxygen atoms in total. The predicted octanol–water partition coefficient (Wildman–Crippen LogP) is 2.19. The number of nitrogens with two attached hydrogens (primary N) is 1. The number of furan rings is 1. The van der Waals surface area contributed by atoms with E-state index in [-0.39, 0.29) is 24.8 Å². The van der Waals surface area contributed by atoms with Crippen molar-refractivity contribution in [2.75, 3.05) is 0 Å². The Morgan fingerprint density at radius 2 is 2.29 bits per heavy atom. The van der Waals surface area contributed by atoms with Crippen LogP contribution in [0.3, 0.4) is 0 Å². The fourth-order valence-electron chi connectivity index (χ4n) is 1.86. The summed E-state index contributed by atoms with van der Waals surface area (Å²) >= 11 is 0. The van der Waals surface area contributed by atoms with Crippen molar-refractivity contribution < 1.29 is 13.2 Å². The molecule has 0 spiro atoms. The standard InChI is InChI=1S/C10H13F2NO/c11-10(12)4-8(5-10)9(13)3-7-1-2-14-6-7/h1-2,6,8-9H,3-5,13H2. The zero-order chi connectivity index (χ0) is 10.2. The zero-order valence-corrected chi connectivity index (χ0v) is 7.75. The van der Waals surface area contributed by atoms with Gasteiger partial charge in [-0.15, -0.1) is 0 Å². The lowest BCUT2D eigenvalue weighted by molar-refractivity contribution is -0.116. The second kappa shape index (κ2) is 3.35. The molecule has 0 aliphatic heterocycles. The van der Waals surface area contributed by atoms with Crippen molar-refractivity contribution in [3.8, 4) is 0 Å². The van der Waals surface area contributed by atoms with E-state index in [9.17, 15) is 8.78 Å². The minimum atomic E-state index is -2.47. The van der Waals surface area contributed by atoms with Crippen molar-refractivity contribution in [2.24, 2.45) is 11.7 Å². The first-order chi connectivity index (χ1) is 6.57. The molecule has 0 amide bonds. The van der Waals surface area contributed by atoms with Crippen molar-refractivity contribution in [3.63, 3.8) is 0 Å². The van der Waals surface area contributed by atoms with Crippen LogP contribution in [0.5, 0.6) is 0 Å². The second-order valence-electron chi connectivity index (χ2n) is 4.02. The van der Waals surface area contributed by atoms with E-state index in [0.29, 0.717) is 6.42 Å². The van der Waals surface area contributed by atoms with Crippen molar-refractivity contribution in [1.82, 2.24) is 0 Å². The van der Waals surface area contributed by atoms with Crippen LogP contribution >= 0.6 is 0 Å². The monoisotopic (exact) mass is 201 g/mol. The van der Waals surface area contributed by atoms with Crippen molar-refractivity contribution in [2.45, 2.75) is 31.2 Å². The van der Waals surface area contributed by atoms with Crippen LogP contribution < -0.4 is 5.73 Å². The van der Waals surface area contributed by atoms with Gasteiger partial charge < -0.3 is 10.2 Å². The quantitative estimate of drug-likeness (QED) is 0.814. The van der Waals surface area contributed by atoms with E-state index in [1.165, 1.54) is 0 Å². The molecule has 1 aliphatic rings. The summed E-state index contributed by atoms with van der Waals surface area (Å²) in [6.07, 6.45) is 3.67. The first-order valence-electron chi connectivity index (χ1n) is 4.71. The fourth-order valence-corrected chi connectivity index (χ4v) is 1.86.